The number of halogens is 2. The Bertz CT molecular complexity index is 602. The molecule has 0 aliphatic carbocycles. The SMILES string of the molecule is CCNC(Cc1cc(F)ccc1C)c1cc(C)cc(F)c1. The maximum atomic E-state index is 13.6. The Balaban J connectivity index is 2.32. The third-order valence-corrected chi connectivity index (χ3v) is 3.65. The van der Waals surface area contributed by atoms with Gasteiger partial charge < -0.3 is 5.32 Å². The van der Waals surface area contributed by atoms with E-state index in [1.165, 1.54) is 12.1 Å². The van der Waals surface area contributed by atoms with Gasteiger partial charge in [-0.3, -0.25) is 0 Å². The van der Waals surface area contributed by atoms with E-state index >= 15 is 0 Å². The fraction of sp³-hybridized carbons (Fsp3) is 0.333. The lowest BCUT2D eigenvalue weighted by Gasteiger charge is -2.20. The molecule has 2 aromatic rings. The Morgan fingerprint density at radius 3 is 2.43 bits per heavy atom. The number of benzene rings is 2. The summed E-state index contributed by atoms with van der Waals surface area (Å²) >= 11 is 0. The molecular weight excluding hydrogens is 268 g/mol. The predicted octanol–water partition coefficient (Wildman–Crippen LogP) is 4.47. The highest BCUT2D eigenvalue weighted by Crippen LogP contribution is 2.23. The molecule has 1 N–H and O–H groups in total. The monoisotopic (exact) mass is 289 g/mol. The van der Waals surface area contributed by atoms with E-state index in [9.17, 15) is 8.78 Å². The minimum Gasteiger partial charge on any atom is -0.310 e. The molecule has 0 aliphatic rings. The molecule has 0 saturated heterocycles. The van der Waals surface area contributed by atoms with Gasteiger partial charge >= 0.3 is 0 Å². The summed E-state index contributed by atoms with van der Waals surface area (Å²) in [6.45, 7) is 6.63. The normalized spacial score (nSPS) is 12.4. The summed E-state index contributed by atoms with van der Waals surface area (Å²) in [5.41, 5.74) is 3.79. The Kier molecular flexibility index (Phi) is 5.07. The van der Waals surface area contributed by atoms with Crippen molar-refractivity contribution < 1.29 is 8.78 Å². The van der Waals surface area contributed by atoms with Crippen molar-refractivity contribution in [2.45, 2.75) is 33.2 Å². The number of hydrogen-bond donors (Lipinski definition) is 1. The zero-order valence-corrected chi connectivity index (χ0v) is 12.7. The van der Waals surface area contributed by atoms with E-state index in [-0.39, 0.29) is 17.7 Å². The molecule has 0 amide bonds. The molecule has 3 heteroatoms. The summed E-state index contributed by atoms with van der Waals surface area (Å²) in [7, 11) is 0. The molecule has 1 atom stereocenters. The fourth-order valence-corrected chi connectivity index (χ4v) is 2.60. The average Bonchev–Trinajstić information content (AvgIpc) is 2.41. The summed E-state index contributed by atoms with van der Waals surface area (Å²) in [6.07, 6.45) is 0.639. The van der Waals surface area contributed by atoms with Gasteiger partial charge in [0.25, 0.3) is 0 Å². The van der Waals surface area contributed by atoms with Gasteiger partial charge in [0.1, 0.15) is 11.6 Å². The van der Waals surface area contributed by atoms with Crippen molar-refractivity contribution in [3.05, 3.63) is 70.3 Å². The van der Waals surface area contributed by atoms with E-state index in [0.29, 0.717) is 6.42 Å². The molecule has 0 aliphatic heterocycles. The smallest absolute Gasteiger partial charge is 0.123 e. The van der Waals surface area contributed by atoms with Crippen LogP contribution in [0, 0.1) is 25.5 Å². The average molecular weight is 289 g/mol. The molecule has 2 rings (SSSR count). The van der Waals surface area contributed by atoms with E-state index in [4.69, 9.17) is 0 Å². The molecule has 1 nitrogen and oxygen atoms in total. The Hall–Kier alpha value is -1.74. The van der Waals surface area contributed by atoms with Crippen molar-refractivity contribution in [1.29, 1.82) is 0 Å². The number of nitrogens with one attached hydrogen (secondary N) is 1. The van der Waals surface area contributed by atoms with Crippen LogP contribution in [0.2, 0.25) is 0 Å². The first-order valence-corrected chi connectivity index (χ1v) is 7.25. The zero-order valence-electron chi connectivity index (χ0n) is 12.7. The molecule has 0 heterocycles. The molecule has 0 bridgehead atoms. The van der Waals surface area contributed by atoms with Crippen LogP contribution in [-0.2, 0) is 6.42 Å². The summed E-state index contributed by atoms with van der Waals surface area (Å²) < 4.78 is 27.1. The van der Waals surface area contributed by atoms with E-state index in [1.807, 2.05) is 26.8 Å². The van der Waals surface area contributed by atoms with E-state index < -0.39 is 0 Å². The maximum Gasteiger partial charge on any atom is 0.123 e. The van der Waals surface area contributed by atoms with E-state index in [1.54, 1.807) is 18.2 Å². The molecule has 112 valence electrons. The van der Waals surface area contributed by atoms with Gasteiger partial charge in [-0.25, -0.2) is 8.78 Å². The van der Waals surface area contributed by atoms with Crippen molar-refractivity contribution in [2.24, 2.45) is 0 Å². The van der Waals surface area contributed by atoms with E-state index in [2.05, 4.69) is 5.32 Å². The van der Waals surface area contributed by atoms with Crippen LogP contribution in [0.4, 0.5) is 8.78 Å². The van der Waals surface area contributed by atoms with Crippen molar-refractivity contribution in [3.63, 3.8) is 0 Å². The first kappa shape index (κ1) is 15.6. The van der Waals surface area contributed by atoms with Crippen LogP contribution < -0.4 is 5.32 Å². The lowest BCUT2D eigenvalue weighted by Crippen LogP contribution is -2.23. The molecule has 0 aromatic heterocycles. The van der Waals surface area contributed by atoms with Crippen LogP contribution in [0.25, 0.3) is 0 Å². The first-order chi connectivity index (χ1) is 9.99. The lowest BCUT2D eigenvalue weighted by molar-refractivity contribution is 0.538. The number of hydrogen-bond acceptors (Lipinski definition) is 1. The molecule has 0 spiro atoms. The van der Waals surface area contributed by atoms with Crippen LogP contribution >= 0.6 is 0 Å². The number of rotatable bonds is 5. The molecule has 0 radical (unpaired) electrons. The topological polar surface area (TPSA) is 12.0 Å². The molecule has 1 unspecified atom stereocenters. The molecule has 21 heavy (non-hydrogen) atoms. The zero-order chi connectivity index (χ0) is 15.4. The van der Waals surface area contributed by atoms with Gasteiger partial charge in [-0.15, -0.1) is 0 Å². The second-order valence-corrected chi connectivity index (χ2v) is 5.45. The lowest BCUT2D eigenvalue weighted by atomic mass is 9.95. The third kappa shape index (κ3) is 4.11. The van der Waals surface area contributed by atoms with Gasteiger partial charge in [0, 0.05) is 6.04 Å². The molecule has 0 fully saturated rings. The van der Waals surface area contributed by atoms with Crippen LogP contribution in [0.1, 0.15) is 35.2 Å². The van der Waals surface area contributed by atoms with Gasteiger partial charge in [-0.05, 0) is 73.3 Å². The fourth-order valence-electron chi connectivity index (χ4n) is 2.60. The Labute approximate surface area is 125 Å². The summed E-state index contributed by atoms with van der Waals surface area (Å²) in [6, 6.07) is 9.83. The Morgan fingerprint density at radius 2 is 1.76 bits per heavy atom. The predicted molar refractivity (Wildman–Crippen MR) is 82.4 cm³/mol. The summed E-state index contributed by atoms with van der Waals surface area (Å²) in [5.74, 6) is -0.467. The van der Waals surface area contributed by atoms with Gasteiger partial charge in [-0.1, -0.05) is 19.1 Å². The largest absolute Gasteiger partial charge is 0.310 e. The number of likely N-dealkylation sites (N-methyl/N-ethyl adjacent to an activating group) is 1. The number of aryl methyl sites for hydroxylation is 2. The second-order valence-electron chi connectivity index (χ2n) is 5.45. The quantitative estimate of drug-likeness (QED) is 0.856. The van der Waals surface area contributed by atoms with Crippen molar-refractivity contribution in [1.82, 2.24) is 5.32 Å². The minimum atomic E-state index is -0.235. The van der Waals surface area contributed by atoms with Crippen molar-refractivity contribution >= 4 is 0 Å². The third-order valence-electron chi connectivity index (χ3n) is 3.65. The molecule has 2 aromatic carbocycles. The van der Waals surface area contributed by atoms with E-state index in [0.717, 1.165) is 28.8 Å². The summed E-state index contributed by atoms with van der Waals surface area (Å²) in [4.78, 5) is 0. The second kappa shape index (κ2) is 6.81. The summed E-state index contributed by atoms with van der Waals surface area (Å²) in [5, 5.41) is 3.36. The van der Waals surface area contributed by atoms with Gasteiger partial charge in [0.15, 0.2) is 0 Å². The standard InChI is InChI=1S/C18H21F2N/c1-4-21-18(15-7-12(2)8-17(20)10-15)11-14-9-16(19)6-5-13(14)3/h5-10,18,21H,4,11H2,1-3H3. The van der Waals surface area contributed by atoms with Crippen molar-refractivity contribution in [3.8, 4) is 0 Å². The Morgan fingerprint density at radius 1 is 1.00 bits per heavy atom. The van der Waals surface area contributed by atoms with Gasteiger partial charge in [-0.2, -0.15) is 0 Å². The van der Waals surface area contributed by atoms with Crippen LogP contribution in [0.5, 0.6) is 0 Å². The van der Waals surface area contributed by atoms with Crippen LogP contribution in [0.3, 0.4) is 0 Å². The first-order valence-electron chi connectivity index (χ1n) is 7.25. The molecular formula is C18H21F2N. The highest BCUT2D eigenvalue weighted by molar-refractivity contribution is 5.31. The van der Waals surface area contributed by atoms with Crippen LogP contribution in [0.15, 0.2) is 36.4 Å². The van der Waals surface area contributed by atoms with Gasteiger partial charge in [0.2, 0.25) is 0 Å². The minimum absolute atomic E-state index is 0.0232. The maximum absolute atomic E-state index is 13.6. The highest BCUT2D eigenvalue weighted by Gasteiger charge is 2.14. The van der Waals surface area contributed by atoms with Crippen molar-refractivity contribution in [2.75, 3.05) is 6.54 Å². The molecule has 0 saturated carbocycles. The highest BCUT2D eigenvalue weighted by atomic mass is 19.1. The van der Waals surface area contributed by atoms with Crippen LogP contribution in [-0.4, -0.2) is 6.54 Å². The van der Waals surface area contributed by atoms with Gasteiger partial charge in [0.05, 0.1) is 0 Å².